The lowest BCUT2D eigenvalue weighted by Crippen LogP contribution is -2.49. The van der Waals surface area contributed by atoms with Crippen LogP contribution in [0, 0.1) is 11.8 Å². The molecule has 1 saturated heterocycles. The van der Waals surface area contributed by atoms with Gasteiger partial charge in [-0.25, -0.2) is 0 Å². The summed E-state index contributed by atoms with van der Waals surface area (Å²) < 4.78 is 4.57. The summed E-state index contributed by atoms with van der Waals surface area (Å²) in [5.74, 6) is -0.622. The van der Waals surface area contributed by atoms with Crippen molar-refractivity contribution in [2.75, 3.05) is 20.2 Å². The van der Waals surface area contributed by atoms with Gasteiger partial charge >= 0.3 is 5.97 Å². The summed E-state index contributed by atoms with van der Waals surface area (Å²) in [7, 11) is 1.34. The predicted molar refractivity (Wildman–Crippen MR) is 43.5 cm³/mol. The number of ether oxygens (including phenoxy) is 1. The smallest absolute Gasteiger partial charge is 0.312 e. The Bertz CT molecular complexity index is 172. The van der Waals surface area contributed by atoms with Gasteiger partial charge in [0.15, 0.2) is 0 Å². The van der Waals surface area contributed by atoms with E-state index in [0.29, 0.717) is 6.54 Å². The number of esters is 1. The van der Waals surface area contributed by atoms with Crippen molar-refractivity contribution in [2.24, 2.45) is 11.8 Å². The van der Waals surface area contributed by atoms with Crippen molar-refractivity contribution in [3.63, 3.8) is 0 Å². The molecule has 0 aromatic heterocycles. The maximum atomic E-state index is 11.1. The van der Waals surface area contributed by atoms with E-state index in [0.717, 1.165) is 6.54 Å². The van der Waals surface area contributed by atoms with E-state index in [1.165, 1.54) is 7.11 Å². The third-order valence-corrected chi connectivity index (χ3v) is 2.33. The fraction of sp³-hybridized carbons (Fsp3) is 0.875. The number of aliphatic hydroxyl groups excluding tert-OH is 1. The zero-order chi connectivity index (χ0) is 9.14. The largest absolute Gasteiger partial charge is 0.469 e. The van der Waals surface area contributed by atoms with Gasteiger partial charge in [0.1, 0.15) is 0 Å². The van der Waals surface area contributed by atoms with Gasteiger partial charge in [-0.05, 0) is 5.92 Å². The van der Waals surface area contributed by atoms with Crippen LogP contribution in [0.4, 0.5) is 0 Å². The Hall–Kier alpha value is -0.610. The minimum absolute atomic E-state index is 0.114. The Kier molecular flexibility index (Phi) is 3.05. The fourth-order valence-electron chi connectivity index (χ4n) is 1.48. The molecule has 0 bridgehead atoms. The topological polar surface area (TPSA) is 58.6 Å². The van der Waals surface area contributed by atoms with E-state index >= 15 is 0 Å². The average Bonchev–Trinajstić information content (AvgIpc) is 2.08. The molecule has 0 spiro atoms. The van der Waals surface area contributed by atoms with Crippen LogP contribution in [-0.4, -0.2) is 37.4 Å². The van der Waals surface area contributed by atoms with Crippen LogP contribution in [0.3, 0.4) is 0 Å². The van der Waals surface area contributed by atoms with Crippen LogP contribution in [0.15, 0.2) is 0 Å². The molecule has 0 aliphatic carbocycles. The zero-order valence-corrected chi connectivity index (χ0v) is 7.41. The molecule has 12 heavy (non-hydrogen) atoms. The van der Waals surface area contributed by atoms with Crippen molar-refractivity contribution in [1.82, 2.24) is 5.32 Å². The first-order valence-corrected chi connectivity index (χ1v) is 4.13. The van der Waals surface area contributed by atoms with E-state index in [2.05, 4.69) is 10.1 Å². The van der Waals surface area contributed by atoms with E-state index in [9.17, 15) is 9.90 Å². The Balaban J connectivity index is 2.57. The molecule has 1 heterocycles. The van der Waals surface area contributed by atoms with Crippen LogP contribution in [0.2, 0.25) is 0 Å². The molecule has 4 nitrogen and oxygen atoms in total. The molecule has 0 aromatic carbocycles. The minimum Gasteiger partial charge on any atom is -0.469 e. The van der Waals surface area contributed by atoms with Gasteiger partial charge in [0, 0.05) is 13.1 Å². The quantitative estimate of drug-likeness (QED) is 0.519. The first-order chi connectivity index (χ1) is 5.66. The standard InChI is InChI=1S/C8H15NO3/c1-5-3-9-4-6(7(5)10)8(11)12-2/h5-7,9-10H,3-4H2,1-2H3. The lowest BCUT2D eigenvalue weighted by Gasteiger charge is -2.31. The molecule has 3 atom stereocenters. The van der Waals surface area contributed by atoms with Crippen LogP contribution >= 0.6 is 0 Å². The molecular formula is C8H15NO3. The van der Waals surface area contributed by atoms with Crippen LogP contribution in [0.25, 0.3) is 0 Å². The Morgan fingerprint density at radius 3 is 2.83 bits per heavy atom. The summed E-state index contributed by atoms with van der Waals surface area (Å²) in [4.78, 5) is 11.1. The number of rotatable bonds is 1. The van der Waals surface area contributed by atoms with Gasteiger partial charge in [-0.3, -0.25) is 4.79 Å². The maximum Gasteiger partial charge on any atom is 0.312 e. The van der Waals surface area contributed by atoms with Crippen molar-refractivity contribution in [3.05, 3.63) is 0 Å². The second-order valence-electron chi connectivity index (χ2n) is 3.26. The monoisotopic (exact) mass is 173 g/mol. The molecule has 0 saturated carbocycles. The number of hydrogen-bond donors (Lipinski definition) is 2. The normalized spacial score (nSPS) is 36.1. The number of carbonyl (C=O) groups excluding carboxylic acids is 1. The van der Waals surface area contributed by atoms with Crippen LogP contribution in [0.5, 0.6) is 0 Å². The number of carbonyl (C=O) groups is 1. The second-order valence-corrected chi connectivity index (χ2v) is 3.26. The summed E-state index contributed by atoms with van der Waals surface area (Å²) in [6.07, 6.45) is -0.571. The Labute approximate surface area is 71.9 Å². The first kappa shape index (κ1) is 9.48. The molecule has 70 valence electrons. The molecule has 0 aromatic rings. The lowest BCUT2D eigenvalue weighted by atomic mass is 9.88. The van der Waals surface area contributed by atoms with Gasteiger partial charge in [0.2, 0.25) is 0 Å². The molecule has 1 fully saturated rings. The maximum absolute atomic E-state index is 11.1. The Morgan fingerprint density at radius 2 is 2.25 bits per heavy atom. The van der Waals surface area contributed by atoms with E-state index < -0.39 is 12.0 Å². The summed E-state index contributed by atoms with van der Waals surface area (Å²) in [6.45, 7) is 3.18. The summed E-state index contributed by atoms with van der Waals surface area (Å²) in [6, 6.07) is 0. The van der Waals surface area contributed by atoms with Gasteiger partial charge in [0.25, 0.3) is 0 Å². The van der Waals surface area contributed by atoms with Crippen molar-refractivity contribution in [2.45, 2.75) is 13.0 Å². The molecule has 1 aliphatic heterocycles. The van der Waals surface area contributed by atoms with Crippen molar-refractivity contribution < 1.29 is 14.6 Å². The first-order valence-electron chi connectivity index (χ1n) is 4.13. The molecular weight excluding hydrogens is 158 g/mol. The second kappa shape index (κ2) is 3.87. The zero-order valence-electron chi connectivity index (χ0n) is 7.41. The molecule has 4 heteroatoms. The molecule has 1 aliphatic rings. The predicted octanol–water partition coefficient (Wildman–Crippen LogP) is -0.624. The third-order valence-electron chi connectivity index (χ3n) is 2.33. The van der Waals surface area contributed by atoms with E-state index in [-0.39, 0.29) is 11.9 Å². The van der Waals surface area contributed by atoms with Gasteiger partial charge in [-0.15, -0.1) is 0 Å². The highest BCUT2D eigenvalue weighted by molar-refractivity contribution is 5.73. The van der Waals surface area contributed by atoms with Crippen molar-refractivity contribution in [3.8, 4) is 0 Å². The van der Waals surface area contributed by atoms with E-state index in [1.54, 1.807) is 0 Å². The third kappa shape index (κ3) is 1.76. The van der Waals surface area contributed by atoms with Crippen LogP contribution in [-0.2, 0) is 9.53 Å². The summed E-state index contributed by atoms with van der Waals surface area (Å²) in [5.41, 5.74) is 0. The van der Waals surface area contributed by atoms with E-state index in [4.69, 9.17) is 0 Å². The van der Waals surface area contributed by atoms with Gasteiger partial charge in [-0.1, -0.05) is 6.92 Å². The van der Waals surface area contributed by atoms with Crippen molar-refractivity contribution in [1.29, 1.82) is 0 Å². The SMILES string of the molecule is COC(=O)C1CNCC(C)C1O. The van der Waals surface area contributed by atoms with E-state index in [1.807, 2.05) is 6.92 Å². The lowest BCUT2D eigenvalue weighted by molar-refractivity contribution is -0.151. The fourth-order valence-corrected chi connectivity index (χ4v) is 1.48. The number of piperidine rings is 1. The highest BCUT2D eigenvalue weighted by Crippen LogP contribution is 2.17. The summed E-state index contributed by atoms with van der Waals surface area (Å²) >= 11 is 0. The minimum atomic E-state index is -0.571. The van der Waals surface area contributed by atoms with Crippen LogP contribution < -0.4 is 5.32 Å². The molecule has 3 unspecified atom stereocenters. The average molecular weight is 173 g/mol. The molecule has 0 radical (unpaired) electrons. The highest BCUT2D eigenvalue weighted by atomic mass is 16.5. The number of aliphatic hydroxyl groups is 1. The molecule has 1 rings (SSSR count). The van der Waals surface area contributed by atoms with Crippen molar-refractivity contribution >= 4 is 5.97 Å². The highest BCUT2D eigenvalue weighted by Gasteiger charge is 2.34. The Morgan fingerprint density at radius 1 is 1.58 bits per heavy atom. The van der Waals surface area contributed by atoms with Gasteiger partial charge < -0.3 is 15.2 Å². The molecule has 2 N–H and O–H groups in total. The molecule has 0 amide bonds. The van der Waals surface area contributed by atoms with Crippen LogP contribution in [0.1, 0.15) is 6.92 Å². The van der Waals surface area contributed by atoms with Gasteiger partial charge in [0.05, 0.1) is 19.1 Å². The number of methoxy groups -OCH3 is 1. The van der Waals surface area contributed by atoms with Gasteiger partial charge in [-0.2, -0.15) is 0 Å². The summed E-state index contributed by atoms with van der Waals surface area (Å²) in [5, 5.41) is 12.7. The number of hydrogen-bond acceptors (Lipinski definition) is 4. The number of nitrogens with one attached hydrogen (secondary N) is 1.